The first-order valence-corrected chi connectivity index (χ1v) is 11.1. The van der Waals surface area contributed by atoms with Gasteiger partial charge in [-0.3, -0.25) is 4.79 Å². The number of hydrogen-bond acceptors (Lipinski definition) is 7. The van der Waals surface area contributed by atoms with Crippen LogP contribution in [0.3, 0.4) is 0 Å². The van der Waals surface area contributed by atoms with Gasteiger partial charge in [-0.05, 0) is 42.6 Å². The van der Waals surface area contributed by atoms with Gasteiger partial charge in [-0.15, -0.1) is 16.4 Å². The zero-order chi connectivity index (χ0) is 22.9. The molecule has 9 heteroatoms. The summed E-state index contributed by atoms with van der Waals surface area (Å²) in [6.07, 6.45) is 0. The van der Waals surface area contributed by atoms with Crippen molar-refractivity contribution in [1.82, 2.24) is 14.8 Å². The van der Waals surface area contributed by atoms with Gasteiger partial charge in [0, 0.05) is 16.1 Å². The van der Waals surface area contributed by atoms with Crippen LogP contribution in [0.4, 0.5) is 11.6 Å². The van der Waals surface area contributed by atoms with E-state index in [1.165, 1.54) is 0 Å². The second-order valence-corrected chi connectivity index (χ2v) is 8.47. The molecule has 0 radical (unpaired) electrons. The minimum atomic E-state index is -0.463. The number of hydrogen-bond donors (Lipinski definition) is 3. The molecule has 0 fully saturated rings. The molecule has 0 spiro atoms. The van der Waals surface area contributed by atoms with Crippen molar-refractivity contribution in [2.45, 2.75) is 13.0 Å². The summed E-state index contributed by atoms with van der Waals surface area (Å²) >= 11 is 1.54. The van der Waals surface area contributed by atoms with Crippen molar-refractivity contribution in [3.63, 3.8) is 0 Å². The number of aromatic nitrogens is 3. The molecule has 1 aliphatic heterocycles. The van der Waals surface area contributed by atoms with Crippen LogP contribution in [-0.4, -0.2) is 32.9 Å². The summed E-state index contributed by atoms with van der Waals surface area (Å²) in [4.78, 5) is 19.1. The van der Waals surface area contributed by atoms with E-state index < -0.39 is 6.04 Å². The predicted octanol–water partition coefficient (Wildman–Crippen LogP) is 4.65. The molecule has 0 saturated carbocycles. The van der Waals surface area contributed by atoms with Gasteiger partial charge in [-0.2, -0.15) is 4.98 Å². The fraction of sp³-hybridized carbons (Fsp3) is 0.125. The van der Waals surface area contributed by atoms with Crippen molar-refractivity contribution in [3.8, 4) is 22.9 Å². The Bertz CT molecular complexity index is 1360. The van der Waals surface area contributed by atoms with Gasteiger partial charge in [0.2, 0.25) is 5.95 Å². The van der Waals surface area contributed by atoms with E-state index in [1.54, 1.807) is 53.5 Å². The van der Waals surface area contributed by atoms with E-state index >= 15 is 0 Å². The Morgan fingerprint density at radius 3 is 2.79 bits per heavy atom. The third kappa shape index (κ3) is 3.83. The molecule has 0 aliphatic carbocycles. The third-order valence-electron chi connectivity index (χ3n) is 5.37. The van der Waals surface area contributed by atoms with Crippen LogP contribution in [0.1, 0.15) is 17.8 Å². The smallest absolute Gasteiger partial charge is 0.256 e. The molecule has 3 N–H and O–H groups in total. The van der Waals surface area contributed by atoms with Gasteiger partial charge in [-0.1, -0.05) is 30.3 Å². The summed E-state index contributed by atoms with van der Waals surface area (Å²) in [7, 11) is 1.57. The molecule has 0 unspecified atom stereocenters. The van der Waals surface area contributed by atoms with Crippen LogP contribution in [0.15, 0.2) is 77.3 Å². The third-order valence-corrected chi connectivity index (χ3v) is 6.29. The lowest BCUT2D eigenvalue weighted by Crippen LogP contribution is -2.31. The number of carbonyl (C=O) groups excluding carboxylic acids is 1. The quantitative estimate of drug-likeness (QED) is 0.402. The number of carbonyl (C=O) groups is 1. The minimum Gasteiger partial charge on any atom is -0.508 e. The van der Waals surface area contributed by atoms with E-state index in [0.717, 1.165) is 4.88 Å². The fourth-order valence-corrected chi connectivity index (χ4v) is 4.68. The Labute approximate surface area is 194 Å². The SMILES string of the molecule is COc1ccccc1NC(=O)C1=C(C)Nc2nc(-c3cccc(O)c3)nn2[C@@H]1c1cccs1. The molecular weight excluding hydrogens is 438 g/mol. The number of rotatable bonds is 5. The van der Waals surface area contributed by atoms with E-state index in [9.17, 15) is 9.90 Å². The maximum Gasteiger partial charge on any atom is 0.256 e. The van der Waals surface area contributed by atoms with Gasteiger partial charge in [0.05, 0.1) is 18.4 Å². The zero-order valence-corrected chi connectivity index (χ0v) is 18.8. The molecule has 3 heterocycles. The van der Waals surface area contributed by atoms with Gasteiger partial charge in [-0.25, -0.2) is 4.68 Å². The Morgan fingerprint density at radius 2 is 2.03 bits per heavy atom. The number of benzene rings is 2. The molecule has 8 nitrogen and oxygen atoms in total. The monoisotopic (exact) mass is 459 g/mol. The van der Waals surface area contributed by atoms with E-state index in [2.05, 4.69) is 15.6 Å². The largest absolute Gasteiger partial charge is 0.508 e. The highest BCUT2D eigenvalue weighted by atomic mass is 32.1. The molecule has 0 saturated heterocycles. The number of methoxy groups -OCH3 is 1. The second kappa shape index (κ2) is 8.44. The summed E-state index contributed by atoms with van der Waals surface area (Å²) in [5.41, 5.74) is 2.48. The van der Waals surface area contributed by atoms with Crippen LogP contribution in [-0.2, 0) is 4.79 Å². The van der Waals surface area contributed by atoms with Crippen molar-refractivity contribution in [1.29, 1.82) is 0 Å². The van der Waals surface area contributed by atoms with Gasteiger partial charge in [0.1, 0.15) is 17.5 Å². The standard InChI is InChI=1S/C24H21N5O3S/c1-14-20(23(31)26-17-9-3-4-10-18(17)32-2)21(19-11-6-12-33-19)29-24(25-14)27-22(28-29)15-7-5-8-16(30)13-15/h3-13,21,30H,1-2H3,(H,26,31)(H,25,27,28)/t21-/m1/s1. The zero-order valence-electron chi connectivity index (χ0n) is 17.9. The van der Waals surface area contributed by atoms with Gasteiger partial charge < -0.3 is 20.5 Å². The topological polar surface area (TPSA) is 101 Å². The van der Waals surface area contributed by atoms with Crippen LogP contribution in [0.25, 0.3) is 11.4 Å². The number of ether oxygens (including phenoxy) is 1. The van der Waals surface area contributed by atoms with Crippen molar-refractivity contribution in [3.05, 3.63) is 82.2 Å². The number of nitrogens with one attached hydrogen (secondary N) is 2. The van der Waals surface area contributed by atoms with Crippen molar-refractivity contribution in [2.75, 3.05) is 17.7 Å². The molecular formula is C24H21N5O3S. The van der Waals surface area contributed by atoms with Gasteiger partial charge in [0.25, 0.3) is 5.91 Å². The predicted molar refractivity (Wildman–Crippen MR) is 128 cm³/mol. The minimum absolute atomic E-state index is 0.134. The average Bonchev–Trinajstić information content (AvgIpc) is 3.48. The molecule has 0 bridgehead atoms. The Balaban J connectivity index is 1.57. The lowest BCUT2D eigenvalue weighted by atomic mass is 10.0. The summed E-state index contributed by atoms with van der Waals surface area (Å²) in [5.74, 6) is 1.43. The summed E-state index contributed by atoms with van der Waals surface area (Å²) in [6, 6.07) is 17.5. The van der Waals surface area contributed by atoms with Crippen LogP contribution in [0, 0.1) is 0 Å². The first-order valence-electron chi connectivity index (χ1n) is 10.3. The van der Waals surface area contributed by atoms with E-state index in [4.69, 9.17) is 9.84 Å². The number of phenolic OH excluding ortho intramolecular Hbond substituents is 1. The molecule has 33 heavy (non-hydrogen) atoms. The van der Waals surface area contributed by atoms with Crippen molar-refractivity contribution in [2.24, 2.45) is 0 Å². The number of anilines is 2. The molecule has 4 aromatic rings. The number of aromatic hydroxyl groups is 1. The first-order chi connectivity index (χ1) is 16.0. The van der Waals surface area contributed by atoms with E-state index in [-0.39, 0.29) is 11.7 Å². The normalized spacial score (nSPS) is 15.0. The van der Waals surface area contributed by atoms with E-state index in [1.807, 2.05) is 42.6 Å². The molecule has 2 aromatic heterocycles. The number of para-hydroxylation sites is 2. The highest BCUT2D eigenvalue weighted by molar-refractivity contribution is 7.10. The summed E-state index contributed by atoms with van der Waals surface area (Å²) in [6.45, 7) is 1.85. The molecule has 2 aromatic carbocycles. The molecule has 166 valence electrons. The van der Waals surface area contributed by atoms with Crippen LogP contribution >= 0.6 is 11.3 Å². The van der Waals surface area contributed by atoms with Gasteiger partial charge >= 0.3 is 0 Å². The number of phenols is 1. The highest BCUT2D eigenvalue weighted by Crippen LogP contribution is 2.39. The molecule has 1 amide bonds. The maximum atomic E-state index is 13.5. The number of fused-ring (bicyclic) bond motifs is 1. The molecule has 1 atom stereocenters. The molecule has 1 aliphatic rings. The number of nitrogens with zero attached hydrogens (tertiary/aromatic N) is 3. The summed E-state index contributed by atoms with van der Waals surface area (Å²) < 4.78 is 7.10. The fourth-order valence-electron chi connectivity index (χ4n) is 3.86. The lowest BCUT2D eigenvalue weighted by Gasteiger charge is -2.27. The second-order valence-electron chi connectivity index (χ2n) is 7.49. The highest BCUT2D eigenvalue weighted by Gasteiger charge is 2.35. The molecule has 5 rings (SSSR count). The van der Waals surface area contributed by atoms with Crippen LogP contribution in [0.2, 0.25) is 0 Å². The summed E-state index contributed by atoms with van der Waals surface area (Å²) in [5, 5.41) is 22.7. The van der Waals surface area contributed by atoms with Crippen molar-refractivity contribution >= 4 is 28.9 Å². The Hall–Kier alpha value is -4.11. The lowest BCUT2D eigenvalue weighted by molar-refractivity contribution is -0.113. The van der Waals surface area contributed by atoms with Crippen LogP contribution in [0.5, 0.6) is 11.5 Å². The first kappa shape index (κ1) is 20.8. The Kier molecular flexibility index (Phi) is 5.31. The van der Waals surface area contributed by atoms with Crippen LogP contribution < -0.4 is 15.4 Å². The Morgan fingerprint density at radius 1 is 1.18 bits per heavy atom. The van der Waals surface area contributed by atoms with Crippen molar-refractivity contribution < 1.29 is 14.6 Å². The number of amides is 1. The number of allylic oxidation sites excluding steroid dienone is 1. The van der Waals surface area contributed by atoms with Gasteiger partial charge in [0.15, 0.2) is 5.82 Å². The number of thiophene rings is 1. The van der Waals surface area contributed by atoms with E-state index in [0.29, 0.717) is 40.0 Å². The average molecular weight is 460 g/mol. The maximum absolute atomic E-state index is 13.5.